The average Bonchev–Trinajstić information content (AvgIpc) is 2.80. The van der Waals surface area contributed by atoms with Crippen LogP contribution in [-0.4, -0.2) is 96.7 Å². The van der Waals surface area contributed by atoms with Crippen LogP contribution in [0, 0.1) is 23.7 Å². The number of hydrogen-bond donors (Lipinski definition) is 3. The molecule has 534 valence electrons. The Morgan fingerprint density at radius 3 is 0.789 bits per heavy atom. The summed E-state index contributed by atoms with van der Waals surface area (Å²) >= 11 is 0. The lowest BCUT2D eigenvalue weighted by atomic mass is 10.00. The monoisotopic (exact) mass is 1320 g/mol. The molecule has 0 amide bonds. The SMILES string of the molecule is CCC(C)CCCCCCCCC(=O)OC[C@H](COP(=O)(O)OC[C@H](O)COP(=O)(O)OC[C@@H](COC(=O)CCCCCCCCCCC(C)C)OC(=O)CCCCCCCCCCCC(C)C)OC(=O)CCCCCCCCCCCCCCCCC(C)C. The largest absolute Gasteiger partial charge is 0.472 e. The van der Waals surface area contributed by atoms with Crippen LogP contribution < -0.4 is 0 Å². The van der Waals surface area contributed by atoms with E-state index in [-0.39, 0.29) is 25.7 Å². The molecule has 6 atom stereocenters. The van der Waals surface area contributed by atoms with Crippen LogP contribution in [0.2, 0.25) is 0 Å². The predicted octanol–water partition coefficient (Wildman–Crippen LogP) is 20.1. The zero-order valence-electron chi connectivity index (χ0n) is 58.8. The Labute approximate surface area is 549 Å². The van der Waals surface area contributed by atoms with Gasteiger partial charge in [0.1, 0.15) is 19.3 Å². The van der Waals surface area contributed by atoms with Crippen LogP contribution in [-0.2, 0) is 65.4 Å². The first-order valence-corrected chi connectivity index (χ1v) is 39.7. The van der Waals surface area contributed by atoms with Crippen molar-refractivity contribution in [2.45, 2.75) is 369 Å². The number of unbranched alkanes of at least 4 members (excludes halogenated alkanes) is 33. The number of phosphoric ester groups is 2. The second-order valence-corrected chi connectivity index (χ2v) is 30.2. The second-order valence-electron chi connectivity index (χ2n) is 27.3. The van der Waals surface area contributed by atoms with E-state index < -0.39 is 97.5 Å². The lowest BCUT2D eigenvalue weighted by Gasteiger charge is -2.21. The van der Waals surface area contributed by atoms with Crippen molar-refractivity contribution in [2.24, 2.45) is 23.7 Å². The molecule has 0 fully saturated rings. The van der Waals surface area contributed by atoms with Crippen LogP contribution >= 0.6 is 15.6 Å². The van der Waals surface area contributed by atoms with E-state index in [2.05, 4.69) is 55.4 Å². The van der Waals surface area contributed by atoms with Crippen molar-refractivity contribution < 1.29 is 80.2 Å². The number of hydrogen-bond acceptors (Lipinski definition) is 15. The fraction of sp³-hybridized carbons (Fsp3) is 0.944. The molecule has 0 aliphatic rings. The molecule has 0 radical (unpaired) electrons. The first-order valence-electron chi connectivity index (χ1n) is 36.7. The summed E-state index contributed by atoms with van der Waals surface area (Å²) in [5, 5.41) is 10.6. The molecule has 0 saturated heterocycles. The minimum Gasteiger partial charge on any atom is -0.462 e. The fourth-order valence-electron chi connectivity index (χ4n) is 10.6. The maximum absolute atomic E-state index is 13.0. The normalized spacial score (nSPS) is 14.6. The third-order valence-corrected chi connectivity index (χ3v) is 18.6. The Balaban J connectivity index is 5.24. The van der Waals surface area contributed by atoms with Crippen molar-refractivity contribution >= 4 is 39.5 Å². The lowest BCUT2D eigenvalue weighted by Crippen LogP contribution is -2.30. The van der Waals surface area contributed by atoms with Gasteiger partial charge in [0.05, 0.1) is 26.4 Å². The van der Waals surface area contributed by atoms with Crippen LogP contribution in [0.4, 0.5) is 0 Å². The van der Waals surface area contributed by atoms with E-state index in [1.54, 1.807) is 0 Å². The number of carbonyl (C=O) groups is 4. The highest BCUT2D eigenvalue weighted by atomic mass is 31.2. The van der Waals surface area contributed by atoms with Gasteiger partial charge in [-0.2, -0.15) is 0 Å². The number of phosphoric acid groups is 2. The molecule has 0 aliphatic carbocycles. The van der Waals surface area contributed by atoms with Gasteiger partial charge < -0.3 is 33.8 Å². The standard InChI is InChI=1S/C71H138O17P2/c1-9-64(8)50-42-34-29-30-36-44-52-69(74)82-58-67(88-70(75)53-45-37-27-19-15-13-11-10-12-14-17-23-31-39-47-61(2)3)60-86-90(79,80)84-56-65(72)55-83-89(77,78)85-59-66(57-81-68(73)51-43-35-26-22-21-25-33-41-49-63(6)7)87-71(76)54-46-38-28-20-16-18-24-32-40-48-62(4)5/h61-67,72H,9-60H2,1-8H3,(H,77,78)(H,79,80)/t64?,65-,66-,67-/m1/s1. The van der Waals surface area contributed by atoms with E-state index in [4.69, 9.17) is 37.0 Å². The first-order chi connectivity index (χ1) is 43.1. The van der Waals surface area contributed by atoms with Crippen molar-refractivity contribution in [3.63, 3.8) is 0 Å². The van der Waals surface area contributed by atoms with Gasteiger partial charge in [0.15, 0.2) is 12.2 Å². The van der Waals surface area contributed by atoms with Gasteiger partial charge >= 0.3 is 39.5 Å². The van der Waals surface area contributed by atoms with E-state index in [0.717, 1.165) is 120 Å². The van der Waals surface area contributed by atoms with Crippen LogP contribution in [0.15, 0.2) is 0 Å². The Morgan fingerprint density at radius 1 is 0.311 bits per heavy atom. The number of carbonyl (C=O) groups excluding carboxylic acids is 4. The topological polar surface area (TPSA) is 237 Å². The summed E-state index contributed by atoms with van der Waals surface area (Å²) in [6.07, 6.45) is 43.1. The summed E-state index contributed by atoms with van der Waals surface area (Å²) in [4.78, 5) is 72.6. The van der Waals surface area contributed by atoms with E-state index in [0.29, 0.717) is 25.7 Å². The molecule has 0 bridgehead atoms. The first kappa shape index (κ1) is 88.1. The molecule has 0 aromatic heterocycles. The minimum absolute atomic E-state index is 0.104. The Morgan fingerprint density at radius 2 is 0.533 bits per heavy atom. The van der Waals surface area contributed by atoms with Crippen LogP contribution in [0.5, 0.6) is 0 Å². The molecular weight excluding hydrogens is 1190 g/mol. The van der Waals surface area contributed by atoms with E-state index in [1.807, 2.05) is 0 Å². The summed E-state index contributed by atoms with van der Waals surface area (Å²) in [6, 6.07) is 0. The maximum atomic E-state index is 13.0. The molecule has 3 N–H and O–H groups in total. The summed E-state index contributed by atoms with van der Waals surface area (Å²) in [6.45, 7) is 14.1. The summed E-state index contributed by atoms with van der Waals surface area (Å²) in [5.74, 6) is 0.859. The average molecular weight is 1330 g/mol. The highest BCUT2D eigenvalue weighted by Gasteiger charge is 2.30. The molecule has 0 spiro atoms. The van der Waals surface area contributed by atoms with Crippen molar-refractivity contribution in [3.05, 3.63) is 0 Å². The number of ether oxygens (including phenoxy) is 4. The molecule has 0 aromatic rings. The van der Waals surface area contributed by atoms with Gasteiger partial charge in [-0.3, -0.25) is 37.3 Å². The molecule has 0 rings (SSSR count). The minimum atomic E-state index is -4.95. The van der Waals surface area contributed by atoms with Crippen LogP contribution in [0.1, 0.15) is 351 Å². The molecular formula is C71H138O17P2. The molecule has 0 aliphatic heterocycles. The van der Waals surface area contributed by atoms with E-state index >= 15 is 0 Å². The molecule has 0 heterocycles. The molecule has 0 saturated carbocycles. The van der Waals surface area contributed by atoms with Crippen LogP contribution in [0.3, 0.4) is 0 Å². The molecule has 19 heteroatoms. The zero-order valence-corrected chi connectivity index (χ0v) is 60.6. The summed E-state index contributed by atoms with van der Waals surface area (Å²) in [5.41, 5.74) is 0. The molecule has 17 nitrogen and oxygen atoms in total. The highest BCUT2D eigenvalue weighted by molar-refractivity contribution is 7.47. The summed E-state index contributed by atoms with van der Waals surface area (Å²) in [7, 11) is -9.90. The maximum Gasteiger partial charge on any atom is 0.472 e. The van der Waals surface area contributed by atoms with Gasteiger partial charge in [-0.05, 0) is 49.4 Å². The quantitative estimate of drug-likeness (QED) is 0.0222. The van der Waals surface area contributed by atoms with E-state index in [9.17, 15) is 43.2 Å². The van der Waals surface area contributed by atoms with Gasteiger partial charge in [0.25, 0.3) is 0 Å². The Kier molecular flexibility index (Phi) is 59.4. The number of aliphatic hydroxyl groups excluding tert-OH is 1. The van der Waals surface area contributed by atoms with Gasteiger partial charge in [-0.1, -0.05) is 299 Å². The fourth-order valence-corrected chi connectivity index (χ4v) is 12.2. The number of rotatable bonds is 68. The van der Waals surface area contributed by atoms with Crippen molar-refractivity contribution in [3.8, 4) is 0 Å². The predicted molar refractivity (Wildman–Crippen MR) is 363 cm³/mol. The van der Waals surface area contributed by atoms with Crippen molar-refractivity contribution in [1.82, 2.24) is 0 Å². The Bertz CT molecular complexity index is 1780. The molecule has 90 heavy (non-hydrogen) atoms. The summed E-state index contributed by atoms with van der Waals surface area (Å²) < 4.78 is 68.3. The second kappa shape index (κ2) is 60.7. The number of aliphatic hydroxyl groups is 1. The third-order valence-electron chi connectivity index (χ3n) is 16.7. The van der Waals surface area contributed by atoms with Crippen molar-refractivity contribution in [1.29, 1.82) is 0 Å². The lowest BCUT2D eigenvalue weighted by molar-refractivity contribution is -0.161. The Hall–Kier alpha value is -1.94. The van der Waals surface area contributed by atoms with Gasteiger partial charge in [0, 0.05) is 25.7 Å². The highest BCUT2D eigenvalue weighted by Crippen LogP contribution is 2.45. The van der Waals surface area contributed by atoms with Crippen molar-refractivity contribution in [2.75, 3.05) is 39.6 Å². The number of esters is 4. The van der Waals surface area contributed by atoms with Crippen LogP contribution in [0.25, 0.3) is 0 Å². The zero-order chi connectivity index (χ0) is 66.8. The third kappa shape index (κ3) is 63.5. The van der Waals surface area contributed by atoms with E-state index in [1.165, 1.54) is 148 Å². The molecule has 0 aromatic carbocycles. The molecule has 3 unspecified atom stereocenters. The van der Waals surface area contributed by atoms with Gasteiger partial charge in [0.2, 0.25) is 0 Å². The van der Waals surface area contributed by atoms with Gasteiger partial charge in [-0.15, -0.1) is 0 Å². The van der Waals surface area contributed by atoms with Gasteiger partial charge in [-0.25, -0.2) is 9.13 Å². The smallest absolute Gasteiger partial charge is 0.462 e.